The van der Waals surface area contributed by atoms with Gasteiger partial charge in [0.1, 0.15) is 0 Å². The Labute approximate surface area is 140 Å². The van der Waals surface area contributed by atoms with Gasteiger partial charge in [0, 0.05) is 6.42 Å². The van der Waals surface area contributed by atoms with Crippen LogP contribution in [0.4, 0.5) is 0 Å². The van der Waals surface area contributed by atoms with E-state index in [9.17, 15) is 10.2 Å². The number of hydrogen-bond donors (Lipinski definition) is 2. The van der Waals surface area contributed by atoms with E-state index in [0.717, 1.165) is 31.3 Å². The van der Waals surface area contributed by atoms with Crippen molar-refractivity contribution in [2.45, 2.75) is 77.6 Å². The summed E-state index contributed by atoms with van der Waals surface area (Å²) in [6.07, 6.45) is 10.5. The maximum Gasteiger partial charge on any atom is 0.0908 e. The summed E-state index contributed by atoms with van der Waals surface area (Å²) in [6, 6.07) is 0. The van der Waals surface area contributed by atoms with Gasteiger partial charge in [0.25, 0.3) is 0 Å². The Hall–Kier alpha value is -0.900. The molecule has 1 saturated heterocycles. The Balaban J connectivity index is 2.32. The molecule has 1 fully saturated rings. The highest BCUT2D eigenvalue weighted by molar-refractivity contribution is 5.24. The fraction of sp³-hybridized carbons (Fsp3) is 0.700. The predicted octanol–water partition coefficient (Wildman–Crippen LogP) is 3.92. The molecule has 0 amide bonds. The first kappa shape index (κ1) is 18.4. The van der Waals surface area contributed by atoms with Crippen LogP contribution in [0.2, 0.25) is 0 Å². The third-order valence-corrected chi connectivity index (χ3v) is 5.12. The Bertz CT molecular complexity index is 497. The molecule has 3 nitrogen and oxygen atoms in total. The Kier molecular flexibility index (Phi) is 6.24. The maximum atomic E-state index is 10.8. The fourth-order valence-electron chi connectivity index (χ4n) is 3.53. The summed E-state index contributed by atoms with van der Waals surface area (Å²) in [5.74, 6) is 0.398. The lowest BCUT2D eigenvalue weighted by atomic mass is 9.87. The van der Waals surface area contributed by atoms with Crippen LogP contribution in [0.3, 0.4) is 0 Å². The van der Waals surface area contributed by atoms with E-state index in [2.05, 4.69) is 39.0 Å². The largest absolute Gasteiger partial charge is 0.392 e. The standard InChI is InChI=1S/C20H32O3/c1-14(2)17-10-8-15(3)6-5-7-16(13-21)9-11-19-20(4,22)12-18(17)23-19/h7-8,10,14,18-19,21-22H,5-6,9,11-13H2,1-4H3. The first-order valence-electron chi connectivity index (χ1n) is 8.87. The van der Waals surface area contributed by atoms with Gasteiger partial charge in [0.2, 0.25) is 0 Å². The van der Waals surface area contributed by atoms with E-state index >= 15 is 0 Å². The van der Waals surface area contributed by atoms with Gasteiger partial charge in [-0.05, 0) is 56.6 Å². The third kappa shape index (κ3) is 4.79. The van der Waals surface area contributed by atoms with Gasteiger partial charge in [-0.1, -0.05) is 37.6 Å². The zero-order chi connectivity index (χ0) is 17.0. The lowest BCUT2D eigenvalue weighted by molar-refractivity contribution is -0.0370. The maximum absolute atomic E-state index is 10.8. The molecule has 2 N–H and O–H groups in total. The lowest BCUT2D eigenvalue weighted by Gasteiger charge is -2.24. The van der Waals surface area contributed by atoms with Gasteiger partial charge in [-0.2, -0.15) is 0 Å². The van der Waals surface area contributed by atoms with Crippen LogP contribution in [-0.2, 0) is 4.74 Å². The normalized spacial score (nSPS) is 33.3. The first-order valence-corrected chi connectivity index (χ1v) is 8.87. The third-order valence-electron chi connectivity index (χ3n) is 5.12. The number of ether oxygens (including phenoxy) is 1. The van der Waals surface area contributed by atoms with E-state index in [1.54, 1.807) is 0 Å². The molecule has 3 heteroatoms. The molecular formula is C20H32O3. The van der Waals surface area contributed by atoms with Crippen molar-refractivity contribution in [2.24, 2.45) is 5.92 Å². The quantitative estimate of drug-likeness (QED) is 0.758. The van der Waals surface area contributed by atoms with Crippen LogP contribution in [0.15, 0.2) is 34.9 Å². The molecule has 0 radical (unpaired) electrons. The highest BCUT2D eigenvalue weighted by Crippen LogP contribution is 2.38. The van der Waals surface area contributed by atoms with Crippen molar-refractivity contribution in [3.63, 3.8) is 0 Å². The van der Waals surface area contributed by atoms with Gasteiger partial charge in [0.05, 0.1) is 24.4 Å². The van der Waals surface area contributed by atoms with Crippen molar-refractivity contribution in [3.05, 3.63) is 34.9 Å². The molecule has 2 bridgehead atoms. The molecule has 0 aliphatic carbocycles. The van der Waals surface area contributed by atoms with Crippen LogP contribution in [0.25, 0.3) is 0 Å². The molecule has 0 aromatic carbocycles. The van der Waals surface area contributed by atoms with Gasteiger partial charge in [-0.3, -0.25) is 0 Å². The van der Waals surface area contributed by atoms with Gasteiger partial charge >= 0.3 is 0 Å². The average molecular weight is 320 g/mol. The van der Waals surface area contributed by atoms with Gasteiger partial charge in [-0.25, -0.2) is 0 Å². The summed E-state index contributed by atoms with van der Waals surface area (Å²) < 4.78 is 6.24. The van der Waals surface area contributed by atoms with Gasteiger partial charge < -0.3 is 14.9 Å². The molecular weight excluding hydrogens is 288 g/mol. The molecule has 23 heavy (non-hydrogen) atoms. The van der Waals surface area contributed by atoms with E-state index in [0.29, 0.717) is 12.3 Å². The summed E-state index contributed by atoms with van der Waals surface area (Å²) in [7, 11) is 0. The van der Waals surface area contributed by atoms with Crippen molar-refractivity contribution in [2.75, 3.05) is 6.61 Å². The number of hydrogen-bond acceptors (Lipinski definition) is 3. The van der Waals surface area contributed by atoms with Crippen LogP contribution < -0.4 is 0 Å². The van der Waals surface area contributed by atoms with Crippen LogP contribution in [0, 0.1) is 5.92 Å². The summed E-state index contributed by atoms with van der Waals surface area (Å²) >= 11 is 0. The fourth-order valence-corrected chi connectivity index (χ4v) is 3.53. The predicted molar refractivity (Wildman–Crippen MR) is 94.2 cm³/mol. The van der Waals surface area contributed by atoms with E-state index < -0.39 is 5.60 Å². The van der Waals surface area contributed by atoms with Crippen molar-refractivity contribution < 1.29 is 14.9 Å². The first-order chi connectivity index (χ1) is 10.8. The molecule has 2 aliphatic rings. The summed E-state index contributed by atoms with van der Waals surface area (Å²) in [4.78, 5) is 0. The molecule has 0 aromatic heterocycles. The van der Waals surface area contributed by atoms with Crippen LogP contribution in [0.1, 0.15) is 59.8 Å². The molecule has 2 heterocycles. The zero-order valence-corrected chi connectivity index (χ0v) is 15.0. The minimum absolute atomic E-state index is 0.0126. The van der Waals surface area contributed by atoms with Crippen molar-refractivity contribution in [3.8, 4) is 0 Å². The minimum Gasteiger partial charge on any atom is -0.392 e. The summed E-state index contributed by atoms with van der Waals surface area (Å²) in [5.41, 5.74) is 2.85. The number of allylic oxidation sites excluding steroid dienone is 4. The summed E-state index contributed by atoms with van der Waals surface area (Å²) in [6.45, 7) is 8.49. The van der Waals surface area contributed by atoms with Crippen LogP contribution in [0.5, 0.6) is 0 Å². The average Bonchev–Trinajstić information content (AvgIpc) is 2.77. The number of rotatable bonds is 2. The molecule has 130 valence electrons. The Morgan fingerprint density at radius 1 is 1.30 bits per heavy atom. The highest BCUT2D eigenvalue weighted by atomic mass is 16.5. The zero-order valence-electron chi connectivity index (χ0n) is 15.0. The SMILES string of the molecule is CC1=CC=C(C(C)C)C2CC(C)(O)C(CCC(CO)=CCC1)O2. The summed E-state index contributed by atoms with van der Waals surface area (Å²) in [5, 5.41) is 20.3. The second-order valence-corrected chi connectivity index (χ2v) is 7.61. The highest BCUT2D eigenvalue weighted by Gasteiger charge is 2.44. The topological polar surface area (TPSA) is 49.7 Å². The minimum atomic E-state index is -0.803. The van der Waals surface area contributed by atoms with Gasteiger partial charge in [0.15, 0.2) is 0 Å². The number of aliphatic hydroxyl groups excluding tert-OH is 1. The van der Waals surface area contributed by atoms with Crippen molar-refractivity contribution in [1.29, 1.82) is 0 Å². The van der Waals surface area contributed by atoms with E-state index in [-0.39, 0.29) is 18.8 Å². The molecule has 2 aliphatic heterocycles. The molecule has 0 spiro atoms. The van der Waals surface area contributed by atoms with Crippen LogP contribution >= 0.6 is 0 Å². The number of fused-ring (bicyclic) bond motifs is 2. The van der Waals surface area contributed by atoms with Crippen molar-refractivity contribution >= 4 is 0 Å². The molecule has 0 aromatic rings. The second kappa shape index (κ2) is 7.78. The lowest BCUT2D eigenvalue weighted by Crippen LogP contribution is -2.34. The van der Waals surface area contributed by atoms with Gasteiger partial charge in [-0.15, -0.1) is 0 Å². The van der Waals surface area contributed by atoms with Crippen molar-refractivity contribution in [1.82, 2.24) is 0 Å². The smallest absolute Gasteiger partial charge is 0.0908 e. The molecule has 0 saturated carbocycles. The molecule has 3 atom stereocenters. The monoisotopic (exact) mass is 320 g/mol. The van der Waals surface area contributed by atoms with Crippen LogP contribution in [-0.4, -0.2) is 34.6 Å². The Morgan fingerprint density at radius 2 is 2.04 bits per heavy atom. The van der Waals surface area contributed by atoms with E-state index in [4.69, 9.17) is 4.74 Å². The second-order valence-electron chi connectivity index (χ2n) is 7.61. The number of aliphatic hydroxyl groups is 2. The molecule has 3 unspecified atom stereocenters. The van der Waals surface area contributed by atoms with E-state index in [1.807, 2.05) is 6.92 Å². The Morgan fingerprint density at radius 3 is 2.70 bits per heavy atom. The van der Waals surface area contributed by atoms with E-state index in [1.165, 1.54) is 11.1 Å². The molecule has 2 rings (SSSR count).